The normalized spacial score (nSPS) is 14.3. The van der Waals surface area contributed by atoms with E-state index in [0.29, 0.717) is 24.6 Å². The minimum Gasteiger partial charge on any atom is -0.493 e. The molecule has 0 radical (unpaired) electrons. The highest BCUT2D eigenvalue weighted by Gasteiger charge is 2.18. The van der Waals surface area contributed by atoms with Crippen LogP contribution < -0.4 is 15.0 Å². The van der Waals surface area contributed by atoms with E-state index in [4.69, 9.17) is 4.74 Å². The Kier molecular flexibility index (Phi) is 7.80. The highest BCUT2D eigenvalue weighted by atomic mass is 19.1. The fourth-order valence-corrected chi connectivity index (χ4v) is 3.96. The maximum Gasteiger partial charge on any atom is 0.255 e. The van der Waals surface area contributed by atoms with Crippen LogP contribution in [0.25, 0.3) is 0 Å². The molecule has 1 aliphatic heterocycles. The summed E-state index contributed by atoms with van der Waals surface area (Å²) < 4.78 is 19.6. The third-order valence-electron chi connectivity index (χ3n) is 5.91. The van der Waals surface area contributed by atoms with Gasteiger partial charge in [0.05, 0.1) is 6.61 Å². The van der Waals surface area contributed by atoms with Gasteiger partial charge in [0.1, 0.15) is 11.6 Å². The molecule has 0 atom stereocenters. The number of rotatable bonds is 8. The molecule has 1 amide bonds. The number of benzene rings is 3. The van der Waals surface area contributed by atoms with Gasteiger partial charge in [-0.25, -0.2) is 4.39 Å². The van der Waals surface area contributed by atoms with Gasteiger partial charge in [-0.1, -0.05) is 32.0 Å². The minimum atomic E-state index is -0.148. The SMILES string of the molecule is CC(C)COc1ccc(C(=O)Nc2ccc(N3CCN(Cc4ccccc4F)CC3)cc2)cc1. The van der Waals surface area contributed by atoms with E-state index in [1.54, 1.807) is 18.2 Å². The summed E-state index contributed by atoms with van der Waals surface area (Å²) in [4.78, 5) is 17.2. The van der Waals surface area contributed by atoms with Crippen molar-refractivity contribution in [3.8, 4) is 5.75 Å². The maximum atomic E-state index is 13.9. The van der Waals surface area contributed by atoms with Crippen LogP contribution in [-0.2, 0) is 6.54 Å². The fourth-order valence-electron chi connectivity index (χ4n) is 3.96. The van der Waals surface area contributed by atoms with Gasteiger partial charge in [0, 0.05) is 55.2 Å². The molecule has 0 saturated carbocycles. The van der Waals surface area contributed by atoms with E-state index in [1.165, 1.54) is 6.07 Å². The lowest BCUT2D eigenvalue weighted by atomic mass is 10.1. The number of nitrogens with one attached hydrogen (secondary N) is 1. The van der Waals surface area contributed by atoms with Crippen LogP contribution in [0.3, 0.4) is 0 Å². The first-order valence-corrected chi connectivity index (χ1v) is 11.8. The zero-order chi connectivity index (χ0) is 23.9. The van der Waals surface area contributed by atoms with E-state index < -0.39 is 0 Å². The number of ether oxygens (including phenoxy) is 1. The Balaban J connectivity index is 1.27. The second-order valence-corrected chi connectivity index (χ2v) is 9.08. The van der Waals surface area contributed by atoms with Crippen molar-refractivity contribution < 1.29 is 13.9 Å². The Hall–Kier alpha value is -3.38. The summed E-state index contributed by atoms with van der Waals surface area (Å²) in [6, 6.07) is 22.1. The molecule has 4 rings (SSSR count). The van der Waals surface area contributed by atoms with Crippen molar-refractivity contribution >= 4 is 17.3 Å². The molecular weight excluding hydrogens is 429 g/mol. The molecule has 34 heavy (non-hydrogen) atoms. The zero-order valence-corrected chi connectivity index (χ0v) is 19.8. The van der Waals surface area contributed by atoms with E-state index in [0.717, 1.165) is 48.9 Å². The van der Waals surface area contributed by atoms with Gasteiger partial charge in [-0.3, -0.25) is 9.69 Å². The van der Waals surface area contributed by atoms with Gasteiger partial charge in [-0.2, -0.15) is 0 Å². The van der Waals surface area contributed by atoms with Crippen molar-refractivity contribution in [1.82, 2.24) is 4.90 Å². The molecule has 1 N–H and O–H groups in total. The van der Waals surface area contributed by atoms with Crippen LogP contribution >= 0.6 is 0 Å². The Morgan fingerprint density at radius 2 is 1.62 bits per heavy atom. The number of anilines is 2. The van der Waals surface area contributed by atoms with E-state index >= 15 is 0 Å². The molecule has 1 aliphatic rings. The molecule has 0 spiro atoms. The number of hydrogen-bond acceptors (Lipinski definition) is 4. The van der Waals surface area contributed by atoms with E-state index in [9.17, 15) is 9.18 Å². The number of piperazine rings is 1. The number of carbonyl (C=O) groups excluding carboxylic acids is 1. The summed E-state index contributed by atoms with van der Waals surface area (Å²) in [6.07, 6.45) is 0. The highest BCUT2D eigenvalue weighted by molar-refractivity contribution is 6.04. The average Bonchev–Trinajstić information content (AvgIpc) is 2.85. The summed E-state index contributed by atoms with van der Waals surface area (Å²) in [5.41, 5.74) is 3.21. The summed E-state index contributed by atoms with van der Waals surface area (Å²) in [6.45, 7) is 9.00. The fraction of sp³-hybridized carbons (Fsp3) is 0.321. The molecule has 3 aromatic carbocycles. The summed E-state index contributed by atoms with van der Waals surface area (Å²) in [7, 11) is 0. The van der Waals surface area contributed by atoms with Gasteiger partial charge in [0.25, 0.3) is 5.91 Å². The summed E-state index contributed by atoms with van der Waals surface area (Å²) in [5, 5.41) is 2.96. The molecule has 178 valence electrons. The van der Waals surface area contributed by atoms with Gasteiger partial charge in [0.2, 0.25) is 0 Å². The second kappa shape index (κ2) is 11.2. The third-order valence-corrected chi connectivity index (χ3v) is 5.91. The molecule has 0 unspecified atom stereocenters. The predicted octanol–water partition coefficient (Wildman–Crippen LogP) is 5.44. The van der Waals surface area contributed by atoms with E-state index in [-0.39, 0.29) is 11.7 Å². The highest BCUT2D eigenvalue weighted by Crippen LogP contribution is 2.21. The van der Waals surface area contributed by atoms with Gasteiger partial charge < -0.3 is 15.0 Å². The van der Waals surface area contributed by atoms with Gasteiger partial charge in [-0.05, 0) is 60.5 Å². The molecule has 0 aromatic heterocycles. The quantitative estimate of drug-likeness (QED) is 0.486. The van der Waals surface area contributed by atoms with Crippen LogP contribution in [0.5, 0.6) is 5.75 Å². The van der Waals surface area contributed by atoms with Crippen molar-refractivity contribution in [3.05, 3.63) is 89.7 Å². The lowest BCUT2D eigenvalue weighted by Gasteiger charge is -2.36. The predicted molar refractivity (Wildman–Crippen MR) is 135 cm³/mol. The third kappa shape index (κ3) is 6.35. The Morgan fingerprint density at radius 1 is 0.941 bits per heavy atom. The zero-order valence-electron chi connectivity index (χ0n) is 19.8. The Morgan fingerprint density at radius 3 is 2.26 bits per heavy atom. The van der Waals surface area contributed by atoms with Crippen LogP contribution in [0.4, 0.5) is 15.8 Å². The van der Waals surface area contributed by atoms with Crippen LogP contribution in [0.15, 0.2) is 72.8 Å². The Bertz CT molecular complexity index is 1080. The van der Waals surface area contributed by atoms with Crippen LogP contribution in [0, 0.1) is 11.7 Å². The number of hydrogen-bond donors (Lipinski definition) is 1. The summed E-state index contributed by atoms with van der Waals surface area (Å²) in [5.74, 6) is 0.931. The van der Waals surface area contributed by atoms with Crippen molar-refractivity contribution in [2.45, 2.75) is 20.4 Å². The molecule has 5 nitrogen and oxygen atoms in total. The van der Waals surface area contributed by atoms with Gasteiger partial charge >= 0.3 is 0 Å². The molecule has 6 heteroatoms. The van der Waals surface area contributed by atoms with Crippen LogP contribution in [0.1, 0.15) is 29.8 Å². The molecular formula is C28H32FN3O2. The van der Waals surface area contributed by atoms with Gasteiger partial charge in [0.15, 0.2) is 0 Å². The lowest BCUT2D eigenvalue weighted by molar-refractivity contribution is 0.102. The molecule has 1 saturated heterocycles. The van der Waals surface area contributed by atoms with Crippen LogP contribution in [0.2, 0.25) is 0 Å². The maximum absolute atomic E-state index is 13.9. The molecule has 0 aliphatic carbocycles. The van der Waals surface area contributed by atoms with Crippen molar-refractivity contribution in [3.63, 3.8) is 0 Å². The van der Waals surface area contributed by atoms with E-state index in [1.807, 2.05) is 48.5 Å². The topological polar surface area (TPSA) is 44.8 Å². The van der Waals surface area contributed by atoms with Crippen molar-refractivity contribution in [1.29, 1.82) is 0 Å². The molecule has 3 aromatic rings. The molecule has 0 bridgehead atoms. The number of halogens is 1. The van der Waals surface area contributed by atoms with Gasteiger partial charge in [-0.15, -0.1) is 0 Å². The standard InChI is InChI=1S/C28H32FN3O2/c1-21(2)20-34-26-13-7-22(8-14-26)28(33)30-24-9-11-25(12-10-24)32-17-15-31(16-18-32)19-23-5-3-4-6-27(23)29/h3-14,21H,15-20H2,1-2H3,(H,30,33). The lowest BCUT2D eigenvalue weighted by Crippen LogP contribution is -2.46. The first-order chi connectivity index (χ1) is 16.5. The minimum absolute atomic E-state index is 0.141. The van der Waals surface area contributed by atoms with Crippen LogP contribution in [-0.4, -0.2) is 43.6 Å². The molecule has 1 heterocycles. The van der Waals surface area contributed by atoms with Crippen molar-refractivity contribution in [2.75, 3.05) is 43.0 Å². The van der Waals surface area contributed by atoms with E-state index in [2.05, 4.69) is 29.0 Å². The smallest absolute Gasteiger partial charge is 0.255 e. The number of carbonyl (C=O) groups is 1. The first-order valence-electron chi connectivity index (χ1n) is 11.8. The average molecular weight is 462 g/mol. The monoisotopic (exact) mass is 461 g/mol. The Labute approximate surface area is 201 Å². The number of amides is 1. The number of nitrogens with zero attached hydrogens (tertiary/aromatic N) is 2. The largest absolute Gasteiger partial charge is 0.493 e. The van der Waals surface area contributed by atoms with Crippen molar-refractivity contribution in [2.24, 2.45) is 5.92 Å². The molecule has 1 fully saturated rings. The second-order valence-electron chi connectivity index (χ2n) is 9.08. The summed E-state index contributed by atoms with van der Waals surface area (Å²) >= 11 is 0. The first kappa shape index (κ1) is 23.8.